The van der Waals surface area contributed by atoms with Gasteiger partial charge in [0.1, 0.15) is 0 Å². The van der Waals surface area contributed by atoms with Crippen molar-refractivity contribution < 1.29 is 0 Å². The lowest BCUT2D eigenvalue weighted by Crippen LogP contribution is -2.16. The smallest absolute Gasteiger partial charge is 0.0276 e. The van der Waals surface area contributed by atoms with E-state index in [4.69, 9.17) is 17.9 Å². The highest BCUT2D eigenvalue weighted by Crippen LogP contribution is 2.37. The van der Waals surface area contributed by atoms with Gasteiger partial charge in [-0.2, -0.15) is 0 Å². The largest absolute Gasteiger partial charge is 0.399 e. The summed E-state index contributed by atoms with van der Waals surface area (Å²) in [6.07, 6.45) is 20.1. The van der Waals surface area contributed by atoms with Gasteiger partial charge in [0, 0.05) is 17.7 Å². The molecular formula is C17H22N2. The molecule has 0 heterocycles. The second-order valence-corrected chi connectivity index (χ2v) is 4.96. The minimum Gasteiger partial charge on any atom is -0.399 e. The van der Waals surface area contributed by atoms with E-state index in [2.05, 4.69) is 31.9 Å². The first-order chi connectivity index (χ1) is 9.02. The molecule has 0 aromatic carbocycles. The third-order valence-electron chi connectivity index (χ3n) is 3.26. The molecule has 0 aromatic heterocycles. The molecule has 2 heteroatoms. The Morgan fingerprint density at radius 2 is 2.16 bits per heavy atom. The molecule has 1 aliphatic rings. The number of nitrogens with two attached hydrogens (primary N) is 2. The summed E-state index contributed by atoms with van der Waals surface area (Å²) < 4.78 is 0. The summed E-state index contributed by atoms with van der Waals surface area (Å²) in [5, 5.41) is 0. The van der Waals surface area contributed by atoms with Gasteiger partial charge in [-0.3, -0.25) is 0 Å². The van der Waals surface area contributed by atoms with Gasteiger partial charge in [-0.25, -0.2) is 0 Å². The summed E-state index contributed by atoms with van der Waals surface area (Å²) in [5.41, 5.74) is 14.2. The van der Waals surface area contributed by atoms with E-state index >= 15 is 0 Å². The Hall–Kier alpha value is -1.98. The van der Waals surface area contributed by atoms with Crippen LogP contribution in [0.2, 0.25) is 0 Å². The van der Waals surface area contributed by atoms with E-state index in [0.717, 1.165) is 17.7 Å². The van der Waals surface area contributed by atoms with Crippen LogP contribution in [0.3, 0.4) is 0 Å². The van der Waals surface area contributed by atoms with Crippen molar-refractivity contribution in [3.05, 3.63) is 59.4 Å². The number of terminal acetylenes is 1. The van der Waals surface area contributed by atoms with E-state index in [9.17, 15) is 0 Å². The van der Waals surface area contributed by atoms with Crippen molar-refractivity contribution in [2.45, 2.75) is 20.3 Å². The zero-order chi connectivity index (χ0) is 14.3. The van der Waals surface area contributed by atoms with Crippen LogP contribution >= 0.6 is 0 Å². The second kappa shape index (κ2) is 6.82. The molecule has 0 saturated heterocycles. The quantitative estimate of drug-likeness (QED) is 0.598. The van der Waals surface area contributed by atoms with Crippen LogP contribution in [-0.4, -0.2) is 6.54 Å². The molecule has 0 amide bonds. The van der Waals surface area contributed by atoms with Crippen LogP contribution in [0.25, 0.3) is 0 Å². The molecule has 19 heavy (non-hydrogen) atoms. The molecule has 1 aliphatic carbocycles. The minimum absolute atomic E-state index is 0.174. The normalized spacial score (nSPS) is 16.8. The van der Waals surface area contributed by atoms with Gasteiger partial charge < -0.3 is 11.5 Å². The van der Waals surface area contributed by atoms with Gasteiger partial charge in [0.25, 0.3) is 0 Å². The zero-order valence-corrected chi connectivity index (χ0v) is 11.7. The average Bonchev–Trinajstić information content (AvgIpc) is 2.59. The van der Waals surface area contributed by atoms with Crippen LogP contribution in [0.5, 0.6) is 0 Å². The van der Waals surface area contributed by atoms with Gasteiger partial charge >= 0.3 is 0 Å². The molecule has 0 radical (unpaired) electrons. The highest BCUT2D eigenvalue weighted by molar-refractivity contribution is 5.45. The van der Waals surface area contributed by atoms with Gasteiger partial charge in [0.05, 0.1) is 0 Å². The van der Waals surface area contributed by atoms with E-state index in [-0.39, 0.29) is 5.41 Å². The van der Waals surface area contributed by atoms with Crippen molar-refractivity contribution in [2.75, 3.05) is 6.54 Å². The average molecular weight is 254 g/mol. The summed E-state index contributed by atoms with van der Waals surface area (Å²) in [5.74, 6) is 2.60. The molecule has 0 unspecified atom stereocenters. The predicted octanol–water partition coefficient (Wildman–Crippen LogP) is 2.82. The maximum absolute atomic E-state index is 5.82. The lowest BCUT2D eigenvalue weighted by Gasteiger charge is -2.28. The number of hydrogen-bond donors (Lipinski definition) is 2. The molecular weight excluding hydrogens is 232 g/mol. The first-order valence-electron chi connectivity index (χ1n) is 6.40. The van der Waals surface area contributed by atoms with Gasteiger partial charge in [0.15, 0.2) is 0 Å². The molecule has 2 nitrogen and oxygen atoms in total. The third-order valence-corrected chi connectivity index (χ3v) is 3.26. The molecule has 0 spiro atoms. The zero-order valence-electron chi connectivity index (χ0n) is 11.7. The van der Waals surface area contributed by atoms with Crippen molar-refractivity contribution in [1.82, 2.24) is 0 Å². The summed E-state index contributed by atoms with van der Waals surface area (Å²) >= 11 is 0. The number of allylic oxidation sites excluding steroid dienone is 8. The van der Waals surface area contributed by atoms with Crippen molar-refractivity contribution >= 4 is 0 Å². The molecule has 0 atom stereocenters. The van der Waals surface area contributed by atoms with E-state index < -0.39 is 0 Å². The standard InChI is InChI=1S/C17H22N2/c1-4-7-14(9-6-13-18)17(2,3)15-8-5-10-16(19)12-11-15/h1,6-12H,5,13,18-19H2,2-3H3/b9-6-,14-7+. The highest BCUT2D eigenvalue weighted by atomic mass is 14.6. The van der Waals surface area contributed by atoms with Gasteiger partial charge in [0.2, 0.25) is 0 Å². The molecule has 0 saturated carbocycles. The Bertz CT molecular complexity index is 506. The lowest BCUT2D eigenvalue weighted by atomic mass is 9.76. The summed E-state index contributed by atoms with van der Waals surface area (Å²) in [6.45, 7) is 4.80. The van der Waals surface area contributed by atoms with E-state index in [1.807, 2.05) is 24.3 Å². The van der Waals surface area contributed by atoms with Gasteiger partial charge in [-0.1, -0.05) is 50.1 Å². The Morgan fingerprint density at radius 1 is 1.42 bits per heavy atom. The van der Waals surface area contributed by atoms with Crippen LogP contribution in [0.1, 0.15) is 20.3 Å². The third kappa shape index (κ3) is 4.01. The first-order valence-corrected chi connectivity index (χ1v) is 6.40. The number of hydrogen-bond acceptors (Lipinski definition) is 2. The molecule has 0 bridgehead atoms. The molecule has 0 aliphatic heterocycles. The van der Waals surface area contributed by atoms with Crippen LogP contribution in [0.15, 0.2) is 59.4 Å². The van der Waals surface area contributed by atoms with Crippen LogP contribution < -0.4 is 11.5 Å². The van der Waals surface area contributed by atoms with Gasteiger partial charge in [-0.05, 0) is 29.7 Å². The van der Waals surface area contributed by atoms with Crippen LogP contribution in [0, 0.1) is 17.8 Å². The van der Waals surface area contributed by atoms with Gasteiger partial charge in [-0.15, -0.1) is 6.42 Å². The van der Waals surface area contributed by atoms with E-state index in [0.29, 0.717) is 6.54 Å². The van der Waals surface area contributed by atoms with Crippen molar-refractivity contribution in [1.29, 1.82) is 0 Å². The Kier molecular flexibility index (Phi) is 5.41. The topological polar surface area (TPSA) is 52.0 Å². The van der Waals surface area contributed by atoms with E-state index in [1.165, 1.54) is 5.57 Å². The van der Waals surface area contributed by atoms with E-state index in [1.54, 1.807) is 6.08 Å². The molecule has 4 N–H and O–H groups in total. The summed E-state index contributed by atoms with van der Waals surface area (Å²) in [7, 11) is 0. The minimum atomic E-state index is -0.174. The predicted molar refractivity (Wildman–Crippen MR) is 83.0 cm³/mol. The molecule has 0 aromatic rings. The number of rotatable bonds is 4. The Morgan fingerprint density at radius 3 is 2.79 bits per heavy atom. The highest BCUT2D eigenvalue weighted by Gasteiger charge is 2.25. The fourth-order valence-electron chi connectivity index (χ4n) is 2.00. The van der Waals surface area contributed by atoms with Crippen LogP contribution in [0.4, 0.5) is 0 Å². The fraction of sp³-hybridized carbons (Fsp3) is 0.294. The molecule has 100 valence electrons. The first kappa shape index (κ1) is 15.1. The Labute approximate surface area is 116 Å². The maximum Gasteiger partial charge on any atom is 0.0276 e. The monoisotopic (exact) mass is 254 g/mol. The lowest BCUT2D eigenvalue weighted by molar-refractivity contribution is 0.564. The van der Waals surface area contributed by atoms with Crippen molar-refractivity contribution in [3.63, 3.8) is 0 Å². The second-order valence-electron chi connectivity index (χ2n) is 4.96. The maximum atomic E-state index is 5.82. The van der Waals surface area contributed by atoms with Crippen molar-refractivity contribution in [3.8, 4) is 12.3 Å². The summed E-state index contributed by atoms with van der Waals surface area (Å²) in [4.78, 5) is 0. The van der Waals surface area contributed by atoms with Crippen LogP contribution in [-0.2, 0) is 0 Å². The summed E-state index contributed by atoms with van der Waals surface area (Å²) in [6, 6.07) is 0. The van der Waals surface area contributed by atoms with Crippen molar-refractivity contribution in [2.24, 2.45) is 16.9 Å². The fourth-order valence-corrected chi connectivity index (χ4v) is 2.00. The molecule has 1 rings (SSSR count). The molecule has 0 fully saturated rings. The Balaban J connectivity index is 3.11. The SMILES string of the molecule is C#C/C=C(\C=C/CN)C(C)(C)C1=CCC=C(N)C=C1.